The standard InChI is InChI=1S/C10H3F13I2/c11-5(12,4-2-1-3-24-25-4)6(13,14)7(15,16)8(17,18)9(19,20)10(21,22)23/h1-3H. The SMILES string of the molecule is FC(F)(F)C(F)(F)C(F)(F)C(F)(F)C(F)(F)C(F)(F)C1=CC=C[I][I]1. The van der Waals surface area contributed by atoms with Crippen LogP contribution in [0, 0.1) is 0 Å². The third-order valence-corrected chi connectivity index (χ3v) is 11.5. The molecule has 0 aliphatic carbocycles. The van der Waals surface area contributed by atoms with Crippen molar-refractivity contribution < 1.29 is 57.1 Å². The summed E-state index contributed by atoms with van der Waals surface area (Å²) in [5.74, 6) is -36.4. The highest BCUT2D eigenvalue weighted by atomic mass is 128. The molecule has 1 aliphatic rings. The van der Waals surface area contributed by atoms with Gasteiger partial charge in [-0.05, 0) is 27.4 Å². The van der Waals surface area contributed by atoms with E-state index in [1.54, 1.807) is 0 Å². The molecule has 0 amide bonds. The molecule has 0 saturated carbocycles. The molecule has 148 valence electrons. The van der Waals surface area contributed by atoms with Crippen molar-refractivity contribution in [2.75, 3.05) is 0 Å². The second kappa shape index (κ2) is 6.57. The molecule has 0 N–H and O–H groups in total. The summed E-state index contributed by atoms with van der Waals surface area (Å²) in [4.78, 5) is 0. The van der Waals surface area contributed by atoms with Crippen molar-refractivity contribution in [3.05, 3.63) is 19.8 Å². The van der Waals surface area contributed by atoms with Gasteiger partial charge >= 0.3 is 35.8 Å². The van der Waals surface area contributed by atoms with Gasteiger partial charge in [-0.15, -0.1) is 0 Å². The third-order valence-electron chi connectivity index (χ3n) is 2.71. The average molecular weight is 624 g/mol. The first-order chi connectivity index (χ1) is 10.9. The van der Waals surface area contributed by atoms with Crippen LogP contribution in [0.1, 0.15) is 0 Å². The quantitative estimate of drug-likeness (QED) is 0.229. The molecule has 1 rings (SSSR count). The van der Waals surface area contributed by atoms with Crippen LogP contribution in [0.2, 0.25) is 0 Å². The zero-order valence-electron chi connectivity index (χ0n) is 10.9. The summed E-state index contributed by atoms with van der Waals surface area (Å²) in [6.45, 7) is 0. The van der Waals surface area contributed by atoms with Gasteiger partial charge in [0.15, 0.2) is 0 Å². The summed E-state index contributed by atoms with van der Waals surface area (Å²) in [7, 11) is 0. The lowest BCUT2D eigenvalue weighted by molar-refractivity contribution is -0.436. The van der Waals surface area contributed by atoms with Crippen LogP contribution in [-0.2, 0) is 0 Å². The number of alkyl halides is 13. The number of hydrogen-bond donors (Lipinski definition) is 0. The zero-order chi connectivity index (χ0) is 20.1. The summed E-state index contributed by atoms with van der Waals surface area (Å²) >= 11 is -3.24. The van der Waals surface area contributed by atoms with E-state index in [-0.39, 0.29) is 6.08 Å². The van der Waals surface area contributed by atoms with Crippen molar-refractivity contribution in [1.29, 1.82) is 0 Å². The second-order valence-corrected chi connectivity index (χ2v) is 13.0. The fourth-order valence-corrected chi connectivity index (χ4v) is 9.30. The van der Waals surface area contributed by atoms with Gasteiger partial charge in [0, 0.05) is 0 Å². The van der Waals surface area contributed by atoms with E-state index in [9.17, 15) is 57.1 Å². The molecule has 0 aromatic rings. The Morgan fingerprint density at radius 2 is 1.04 bits per heavy atom. The molecule has 1 aliphatic heterocycles. The molecule has 1 heterocycles. The van der Waals surface area contributed by atoms with Gasteiger partial charge in [0.1, 0.15) is 0 Å². The van der Waals surface area contributed by atoms with Crippen LogP contribution in [0.15, 0.2) is 19.8 Å². The topological polar surface area (TPSA) is 0 Å². The Labute approximate surface area is 147 Å². The molecule has 2 radical (unpaired) electrons. The Kier molecular flexibility index (Phi) is 6.07. The minimum absolute atomic E-state index is 0.237. The highest BCUT2D eigenvalue weighted by Gasteiger charge is 2.91. The highest BCUT2D eigenvalue weighted by Crippen LogP contribution is 2.64. The van der Waals surface area contributed by atoms with Crippen LogP contribution in [0.3, 0.4) is 0 Å². The maximum Gasteiger partial charge on any atom is 0.460 e. The summed E-state index contributed by atoms with van der Waals surface area (Å²) in [6.07, 6.45) is -6.38. The van der Waals surface area contributed by atoms with Crippen molar-refractivity contribution in [2.45, 2.75) is 35.8 Å². The second-order valence-electron chi connectivity index (χ2n) is 4.36. The Bertz CT molecular complexity index is 572. The minimum atomic E-state index is -7.83. The lowest BCUT2D eigenvalue weighted by Crippen LogP contribution is -2.70. The lowest BCUT2D eigenvalue weighted by Gasteiger charge is -2.40. The first-order valence-corrected chi connectivity index (χ1v) is 14.1. The van der Waals surface area contributed by atoms with Crippen molar-refractivity contribution in [3.63, 3.8) is 0 Å². The predicted octanol–water partition coefficient (Wildman–Crippen LogP) is 6.99. The maximum absolute atomic E-state index is 13.7. The molecule has 0 spiro atoms. The van der Waals surface area contributed by atoms with Crippen molar-refractivity contribution in [3.8, 4) is 0 Å². The first kappa shape index (κ1) is 23.1. The molecule has 0 atom stereocenters. The fourth-order valence-electron chi connectivity index (χ4n) is 1.31. The normalized spacial score (nSPS) is 18.4. The predicted molar refractivity (Wildman–Crippen MR) is 76.1 cm³/mol. The van der Waals surface area contributed by atoms with Crippen molar-refractivity contribution in [1.82, 2.24) is 0 Å². The Morgan fingerprint density at radius 3 is 1.40 bits per heavy atom. The van der Waals surface area contributed by atoms with E-state index < -0.39 is 73.8 Å². The van der Waals surface area contributed by atoms with Gasteiger partial charge in [0.2, 0.25) is 0 Å². The summed E-state index contributed by atoms with van der Waals surface area (Å²) in [5.41, 5.74) is 0. The van der Waals surface area contributed by atoms with E-state index in [4.69, 9.17) is 0 Å². The molecule has 0 saturated heterocycles. The number of allylic oxidation sites excluding steroid dienone is 3. The fraction of sp³-hybridized carbons (Fsp3) is 0.600. The average Bonchev–Trinajstić information content (AvgIpc) is 2.46. The zero-order valence-corrected chi connectivity index (χ0v) is 15.2. The summed E-state index contributed by atoms with van der Waals surface area (Å²) in [5, 5.41) is 0. The van der Waals surface area contributed by atoms with Gasteiger partial charge in [-0.3, -0.25) is 0 Å². The van der Waals surface area contributed by atoms with E-state index in [1.807, 2.05) is 0 Å². The smallest absolute Gasteiger partial charge is 0.194 e. The Hall–Kier alpha value is 0.0300. The van der Waals surface area contributed by atoms with Crippen LogP contribution < -0.4 is 0 Å². The van der Waals surface area contributed by atoms with Gasteiger partial charge in [0.25, 0.3) is 0 Å². The molecule has 25 heavy (non-hydrogen) atoms. The van der Waals surface area contributed by atoms with Gasteiger partial charge in [-0.2, -0.15) is 57.1 Å². The van der Waals surface area contributed by atoms with Crippen LogP contribution in [0.25, 0.3) is 0 Å². The number of halogens is 15. The van der Waals surface area contributed by atoms with E-state index >= 15 is 0 Å². The number of hydrogen-bond acceptors (Lipinski definition) is 0. The van der Waals surface area contributed by atoms with E-state index in [0.717, 1.165) is 6.08 Å². The van der Waals surface area contributed by atoms with E-state index in [1.165, 1.54) is 4.08 Å². The van der Waals surface area contributed by atoms with Crippen molar-refractivity contribution >= 4 is 34.5 Å². The van der Waals surface area contributed by atoms with Crippen LogP contribution >= 0.6 is 34.5 Å². The molecule has 0 unspecified atom stereocenters. The van der Waals surface area contributed by atoms with Gasteiger partial charge in [-0.1, -0.05) is 23.3 Å². The van der Waals surface area contributed by atoms with E-state index in [0.29, 0.717) is 0 Å². The van der Waals surface area contributed by atoms with Gasteiger partial charge in [0.05, 0.1) is 3.58 Å². The lowest BCUT2D eigenvalue weighted by atomic mass is 9.94. The van der Waals surface area contributed by atoms with Crippen molar-refractivity contribution in [2.24, 2.45) is 0 Å². The van der Waals surface area contributed by atoms with Gasteiger partial charge < -0.3 is 0 Å². The molecule has 0 bridgehead atoms. The number of rotatable bonds is 5. The van der Waals surface area contributed by atoms with Crippen LogP contribution in [0.4, 0.5) is 57.1 Å². The largest absolute Gasteiger partial charge is 0.460 e. The van der Waals surface area contributed by atoms with Gasteiger partial charge in [-0.25, -0.2) is 0 Å². The molecule has 0 aromatic carbocycles. The maximum atomic E-state index is 13.7. The molecule has 0 aromatic heterocycles. The highest BCUT2D eigenvalue weighted by molar-refractivity contribution is 15.1. The third kappa shape index (κ3) is 3.35. The molecule has 0 nitrogen and oxygen atoms in total. The molecular formula is C10H3F13I2. The molecule has 15 heteroatoms. The van der Waals surface area contributed by atoms with Crippen LogP contribution in [0.5, 0.6) is 0 Å². The Balaban J connectivity index is 3.48. The summed E-state index contributed by atoms with van der Waals surface area (Å²) in [6, 6.07) is 0. The van der Waals surface area contributed by atoms with Crippen LogP contribution in [-0.4, -0.2) is 35.8 Å². The molecule has 0 fully saturated rings. The summed E-state index contributed by atoms with van der Waals surface area (Å²) < 4.78 is 167. The Morgan fingerprint density at radius 1 is 0.600 bits per heavy atom. The monoisotopic (exact) mass is 624 g/mol. The van der Waals surface area contributed by atoms with E-state index in [2.05, 4.69) is 0 Å². The first-order valence-electron chi connectivity index (χ1n) is 5.46. The molecular weight excluding hydrogens is 621 g/mol. The minimum Gasteiger partial charge on any atom is -0.194 e.